The van der Waals surface area contributed by atoms with Gasteiger partial charge < -0.3 is 10.2 Å². The number of benzene rings is 1. The van der Waals surface area contributed by atoms with Crippen LogP contribution in [0.3, 0.4) is 0 Å². The summed E-state index contributed by atoms with van der Waals surface area (Å²) in [6.45, 7) is 1.79. The number of carbonyl (C=O) groups is 1. The highest BCUT2D eigenvalue weighted by Crippen LogP contribution is 2.22. The fraction of sp³-hybridized carbons (Fsp3) is 0.588. The van der Waals surface area contributed by atoms with Crippen molar-refractivity contribution in [2.45, 2.75) is 50.6 Å². The summed E-state index contributed by atoms with van der Waals surface area (Å²) in [5.41, 5.74) is 1.34. The zero-order valence-electron chi connectivity index (χ0n) is 12.1. The van der Waals surface area contributed by atoms with Crippen LogP contribution in [-0.2, 0) is 11.2 Å². The van der Waals surface area contributed by atoms with Gasteiger partial charge in [0.1, 0.15) is 0 Å². The van der Waals surface area contributed by atoms with Gasteiger partial charge in [0.25, 0.3) is 0 Å². The van der Waals surface area contributed by atoms with E-state index in [1.807, 2.05) is 6.07 Å². The van der Waals surface area contributed by atoms with Gasteiger partial charge in [-0.3, -0.25) is 4.79 Å². The third-order valence-electron chi connectivity index (χ3n) is 4.36. The fourth-order valence-electron chi connectivity index (χ4n) is 3.08. The number of hydrogen-bond acceptors (Lipinski definition) is 2. The summed E-state index contributed by atoms with van der Waals surface area (Å²) in [5, 5.41) is 3.43. The van der Waals surface area contributed by atoms with Crippen molar-refractivity contribution in [1.82, 2.24) is 10.2 Å². The van der Waals surface area contributed by atoms with E-state index < -0.39 is 0 Å². The molecule has 1 aromatic rings. The SMILES string of the molecule is O=C(CCNC1CC1)N1CCCC1Cc1ccccc1. The Morgan fingerprint density at radius 1 is 1.20 bits per heavy atom. The van der Waals surface area contributed by atoms with Crippen molar-refractivity contribution >= 4 is 5.91 Å². The Bertz CT molecular complexity index is 442. The average Bonchev–Trinajstić information content (AvgIpc) is 3.17. The van der Waals surface area contributed by atoms with Gasteiger partial charge in [-0.25, -0.2) is 0 Å². The molecule has 20 heavy (non-hydrogen) atoms. The smallest absolute Gasteiger partial charge is 0.224 e. The van der Waals surface area contributed by atoms with E-state index in [1.54, 1.807) is 0 Å². The molecule has 1 aliphatic heterocycles. The highest BCUT2D eigenvalue weighted by molar-refractivity contribution is 5.77. The van der Waals surface area contributed by atoms with E-state index in [0.29, 0.717) is 24.4 Å². The lowest BCUT2D eigenvalue weighted by Gasteiger charge is -2.25. The van der Waals surface area contributed by atoms with Crippen molar-refractivity contribution < 1.29 is 4.79 Å². The number of amides is 1. The Balaban J connectivity index is 1.50. The van der Waals surface area contributed by atoms with Crippen LogP contribution in [0.25, 0.3) is 0 Å². The fourth-order valence-corrected chi connectivity index (χ4v) is 3.08. The summed E-state index contributed by atoms with van der Waals surface area (Å²) in [6.07, 6.45) is 6.53. The minimum absolute atomic E-state index is 0.330. The summed E-state index contributed by atoms with van der Waals surface area (Å²) in [6, 6.07) is 11.6. The molecule has 1 aliphatic carbocycles. The lowest BCUT2D eigenvalue weighted by Crippen LogP contribution is -2.38. The molecule has 1 saturated carbocycles. The Hall–Kier alpha value is -1.35. The topological polar surface area (TPSA) is 32.3 Å². The first kappa shape index (κ1) is 13.6. The number of nitrogens with zero attached hydrogens (tertiary/aromatic N) is 1. The van der Waals surface area contributed by atoms with Gasteiger partial charge in [-0.05, 0) is 37.7 Å². The maximum atomic E-state index is 12.3. The lowest BCUT2D eigenvalue weighted by atomic mass is 10.0. The first-order valence-electron chi connectivity index (χ1n) is 7.90. The average molecular weight is 272 g/mol. The Morgan fingerprint density at radius 3 is 2.75 bits per heavy atom. The highest BCUT2D eigenvalue weighted by atomic mass is 16.2. The van der Waals surface area contributed by atoms with Crippen LogP contribution < -0.4 is 5.32 Å². The zero-order valence-corrected chi connectivity index (χ0v) is 12.1. The second kappa shape index (κ2) is 6.40. The molecule has 0 bridgehead atoms. The molecule has 1 aromatic carbocycles. The standard InChI is InChI=1S/C17H24N2O/c20-17(10-11-18-15-8-9-15)19-12-4-7-16(19)13-14-5-2-1-3-6-14/h1-3,5-6,15-16,18H,4,7-13H2. The van der Waals surface area contributed by atoms with Crippen LogP contribution in [0.15, 0.2) is 30.3 Å². The summed E-state index contributed by atoms with van der Waals surface area (Å²) >= 11 is 0. The van der Waals surface area contributed by atoms with Gasteiger partial charge in [-0.15, -0.1) is 0 Å². The van der Waals surface area contributed by atoms with E-state index in [2.05, 4.69) is 34.5 Å². The van der Waals surface area contributed by atoms with Crippen LogP contribution in [0, 0.1) is 0 Å². The predicted octanol–water partition coefficient (Wildman–Crippen LogP) is 2.36. The summed E-state index contributed by atoms with van der Waals surface area (Å²) in [5.74, 6) is 0.330. The first-order chi connectivity index (χ1) is 9.83. The second-order valence-corrected chi connectivity index (χ2v) is 6.05. The van der Waals surface area contributed by atoms with Gasteiger partial charge >= 0.3 is 0 Å². The van der Waals surface area contributed by atoms with Crippen molar-refractivity contribution in [2.24, 2.45) is 0 Å². The van der Waals surface area contributed by atoms with E-state index >= 15 is 0 Å². The minimum Gasteiger partial charge on any atom is -0.339 e. The summed E-state index contributed by atoms with van der Waals surface area (Å²) in [4.78, 5) is 14.4. The maximum Gasteiger partial charge on any atom is 0.224 e. The van der Waals surface area contributed by atoms with E-state index in [9.17, 15) is 4.79 Å². The predicted molar refractivity (Wildman–Crippen MR) is 80.5 cm³/mol. The van der Waals surface area contributed by atoms with Crippen LogP contribution in [0.4, 0.5) is 0 Å². The largest absolute Gasteiger partial charge is 0.339 e. The molecular formula is C17H24N2O. The van der Waals surface area contributed by atoms with E-state index in [-0.39, 0.29) is 0 Å². The Labute approximate surface area is 121 Å². The molecule has 3 rings (SSSR count). The molecule has 0 radical (unpaired) electrons. The first-order valence-corrected chi connectivity index (χ1v) is 7.90. The van der Waals surface area contributed by atoms with Gasteiger partial charge in [0.05, 0.1) is 0 Å². The minimum atomic E-state index is 0.330. The molecule has 1 N–H and O–H groups in total. The van der Waals surface area contributed by atoms with Crippen LogP contribution in [0.1, 0.15) is 37.7 Å². The van der Waals surface area contributed by atoms with Gasteiger partial charge in [0.15, 0.2) is 0 Å². The van der Waals surface area contributed by atoms with Crippen LogP contribution in [0.2, 0.25) is 0 Å². The van der Waals surface area contributed by atoms with Crippen molar-refractivity contribution in [3.05, 3.63) is 35.9 Å². The Kier molecular flexibility index (Phi) is 4.36. The highest BCUT2D eigenvalue weighted by Gasteiger charge is 2.28. The van der Waals surface area contributed by atoms with E-state index in [0.717, 1.165) is 32.4 Å². The monoisotopic (exact) mass is 272 g/mol. The number of likely N-dealkylation sites (tertiary alicyclic amines) is 1. The number of carbonyl (C=O) groups excluding carboxylic acids is 1. The summed E-state index contributed by atoms with van der Waals surface area (Å²) in [7, 11) is 0. The van der Waals surface area contributed by atoms with Gasteiger partial charge in [0, 0.05) is 31.6 Å². The van der Waals surface area contributed by atoms with Crippen LogP contribution >= 0.6 is 0 Å². The number of hydrogen-bond donors (Lipinski definition) is 1. The lowest BCUT2D eigenvalue weighted by molar-refractivity contribution is -0.131. The van der Waals surface area contributed by atoms with Gasteiger partial charge in [-0.1, -0.05) is 30.3 Å². The molecule has 1 atom stereocenters. The molecular weight excluding hydrogens is 248 g/mol. The molecule has 2 aliphatic rings. The third kappa shape index (κ3) is 3.60. The van der Waals surface area contributed by atoms with Crippen molar-refractivity contribution in [1.29, 1.82) is 0 Å². The molecule has 1 heterocycles. The zero-order chi connectivity index (χ0) is 13.8. The molecule has 0 aromatic heterocycles. The summed E-state index contributed by atoms with van der Waals surface area (Å²) < 4.78 is 0. The molecule has 108 valence electrons. The van der Waals surface area contributed by atoms with Crippen molar-refractivity contribution in [3.63, 3.8) is 0 Å². The Morgan fingerprint density at radius 2 is 2.00 bits per heavy atom. The van der Waals surface area contributed by atoms with Crippen molar-refractivity contribution in [3.8, 4) is 0 Å². The van der Waals surface area contributed by atoms with Crippen LogP contribution in [0.5, 0.6) is 0 Å². The maximum absolute atomic E-state index is 12.3. The number of rotatable bonds is 6. The molecule has 2 fully saturated rings. The molecule has 1 unspecified atom stereocenters. The van der Waals surface area contributed by atoms with E-state index in [1.165, 1.54) is 18.4 Å². The molecule has 3 heteroatoms. The van der Waals surface area contributed by atoms with Crippen molar-refractivity contribution in [2.75, 3.05) is 13.1 Å². The molecule has 1 amide bonds. The normalized spacial score (nSPS) is 22.2. The quantitative estimate of drug-likeness (QED) is 0.862. The molecule has 3 nitrogen and oxygen atoms in total. The van der Waals surface area contributed by atoms with Gasteiger partial charge in [0.2, 0.25) is 5.91 Å². The third-order valence-corrected chi connectivity index (χ3v) is 4.36. The van der Waals surface area contributed by atoms with E-state index in [4.69, 9.17) is 0 Å². The second-order valence-electron chi connectivity index (χ2n) is 6.05. The van der Waals surface area contributed by atoms with Crippen LogP contribution in [-0.4, -0.2) is 36.0 Å². The van der Waals surface area contributed by atoms with Gasteiger partial charge in [-0.2, -0.15) is 0 Å². The molecule has 0 spiro atoms. The molecule has 1 saturated heterocycles. The number of nitrogens with one attached hydrogen (secondary N) is 1.